The summed E-state index contributed by atoms with van der Waals surface area (Å²) in [6.45, 7) is 6.36. The third-order valence-electron chi connectivity index (χ3n) is 5.67. The highest BCUT2D eigenvalue weighted by Gasteiger charge is 2.23. The van der Waals surface area contributed by atoms with Crippen molar-refractivity contribution in [2.75, 3.05) is 40.5 Å². The lowest BCUT2D eigenvalue weighted by molar-refractivity contribution is -0.0721. The van der Waals surface area contributed by atoms with Gasteiger partial charge in [-0.25, -0.2) is 0 Å². The third kappa shape index (κ3) is 5.85. The number of piperidine rings is 1. The molecule has 6 nitrogen and oxygen atoms in total. The number of hydrogen-bond donors (Lipinski definition) is 1. The van der Waals surface area contributed by atoms with Crippen LogP contribution in [0.5, 0.6) is 5.75 Å². The molecule has 1 atom stereocenters. The van der Waals surface area contributed by atoms with Crippen molar-refractivity contribution in [3.8, 4) is 5.75 Å². The lowest BCUT2D eigenvalue weighted by Crippen LogP contribution is -2.47. The highest BCUT2D eigenvalue weighted by Crippen LogP contribution is 2.20. The van der Waals surface area contributed by atoms with Gasteiger partial charge in [-0.15, -0.1) is 0 Å². The Morgan fingerprint density at radius 2 is 2.07 bits per heavy atom. The first-order valence-corrected chi connectivity index (χ1v) is 10.5. The molecule has 2 saturated heterocycles. The first-order chi connectivity index (χ1) is 13.7. The van der Waals surface area contributed by atoms with Crippen molar-refractivity contribution < 1.29 is 14.2 Å². The molecule has 0 radical (unpaired) electrons. The summed E-state index contributed by atoms with van der Waals surface area (Å²) in [5.41, 5.74) is 2.34. The normalized spacial score (nSPS) is 21.6. The van der Waals surface area contributed by atoms with Crippen molar-refractivity contribution in [3.05, 3.63) is 29.3 Å². The van der Waals surface area contributed by atoms with Crippen LogP contribution in [-0.4, -0.2) is 63.5 Å². The van der Waals surface area contributed by atoms with Gasteiger partial charge in [0.15, 0.2) is 5.96 Å². The van der Waals surface area contributed by atoms with Gasteiger partial charge in [-0.3, -0.25) is 4.99 Å². The minimum absolute atomic E-state index is 0.299. The van der Waals surface area contributed by atoms with Gasteiger partial charge in [0, 0.05) is 33.3 Å². The molecule has 2 aliphatic heterocycles. The van der Waals surface area contributed by atoms with Gasteiger partial charge in [0.25, 0.3) is 0 Å². The fourth-order valence-electron chi connectivity index (χ4n) is 3.90. The van der Waals surface area contributed by atoms with E-state index in [0.717, 1.165) is 69.4 Å². The van der Waals surface area contributed by atoms with Crippen LogP contribution < -0.4 is 10.1 Å². The quantitative estimate of drug-likeness (QED) is 0.598. The van der Waals surface area contributed by atoms with Crippen LogP contribution in [0.2, 0.25) is 0 Å². The van der Waals surface area contributed by atoms with Crippen molar-refractivity contribution in [2.24, 2.45) is 4.99 Å². The molecule has 0 bridgehead atoms. The maximum atomic E-state index is 6.12. The molecule has 1 aromatic carbocycles. The predicted octanol–water partition coefficient (Wildman–Crippen LogP) is 3.13. The van der Waals surface area contributed by atoms with Gasteiger partial charge in [-0.05, 0) is 56.2 Å². The zero-order valence-corrected chi connectivity index (χ0v) is 17.6. The average molecular weight is 390 g/mol. The van der Waals surface area contributed by atoms with E-state index in [1.807, 2.05) is 7.05 Å². The maximum absolute atomic E-state index is 6.12. The molecule has 0 aliphatic carbocycles. The number of ether oxygens (including phenoxy) is 3. The van der Waals surface area contributed by atoms with Gasteiger partial charge < -0.3 is 24.4 Å². The van der Waals surface area contributed by atoms with Crippen LogP contribution in [0, 0.1) is 6.92 Å². The number of hydrogen-bond acceptors (Lipinski definition) is 4. The molecule has 28 heavy (non-hydrogen) atoms. The second-order valence-electron chi connectivity index (χ2n) is 7.71. The van der Waals surface area contributed by atoms with E-state index in [4.69, 9.17) is 14.2 Å². The van der Waals surface area contributed by atoms with Crippen molar-refractivity contribution in [2.45, 2.75) is 57.8 Å². The SMILES string of the molecule is CN=C(NCc1ccc(C)c(OC)c1)N1CCC(OCC2CCCCO2)CC1. The Hall–Kier alpha value is -1.79. The predicted molar refractivity (Wildman–Crippen MR) is 112 cm³/mol. The summed E-state index contributed by atoms with van der Waals surface area (Å²) in [4.78, 5) is 6.79. The van der Waals surface area contributed by atoms with E-state index < -0.39 is 0 Å². The van der Waals surface area contributed by atoms with E-state index >= 15 is 0 Å². The number of nitrogens with zero attached hydrogens (tertiary/aromatic N) is 2. The zero-order chi connectivity index (χ0) is 19.8. The maximum Gasteiger partial charge on any atom is 0.193 e. The van der Waals surface area contributed by atoms with E-state index in [1.165, 1.54) is 18.4 Å². The Bertz CT molecular complexity index is 636. The van der Waals surface area contributed by atoms with Crippen LogP contribution in [0.4, 0.5) is 0 Å². The number of methoxy groups -OCH3 is 1. The van der Waals surface area contributed by atoms with Gasteiger partial charge >= 0.3 is 0 Å². The standard InChI is InChI=1S/C22H35N3O3/c1-17-7-8-18(14-21(17)26-3)15-24-22(23-2)25-11-9-19(10-12-25)28-16-20-6-4-5-13-27-20/h7-8,14,19-20H,4-6,9-13,15-16H2,1-3H3,(H,23,24). The summed E-state index contributed by atoms with van der Waals surface area (Å²) in [6.07, 6.45) is 6.29. The van der Waals surface area contributed by atoms with Gasteiger partial charge in [-0.2, -0.15) is 0 Å². The largest absolute Gasteiger partial charge is 0.496 e. The fraction of sp³-hybridized carbons (Fsp3) is 0.682. The number of likely N-dealkylation sites (tertiary alicyclic amines) is 1. The Labute approximate surface area is 169 Å². The summed E-state index contributed by atoms with van der Waals surface area (Å²) in [5.74, 6) is 1.88. The Balaban J connectivity index is 1.42. The second kappa shape index (κ2) is 10.7. The van der Waals surface area contributed by atoms with Crippen molar-refractivity contribution in [3.63, 3.8) is 0 Å². The van der Waals surface area contributed by atoms with Crippen LogP contribution in [0.3, 0.4) is 0 Å². The Morgan fingerprint density at radius 1 is 1.25 bits per heavy atom. The first-order valence-electron chi connectivity index (χ1n) is 10.5. The number of nitrogens with one attached hydrogen (secondary N) is 1. The molecule has 2 aliphatic rings. The average Bonchev–Trinajstić information content (AvgIpc) is 2.75. The molecule has 6 heteroatoms. The number of benzene rings is 1. The molecule has 0 amide bonds. The molecule has 1 aromatic rings. The molecule has 0 spiro atoms. The smallest absolute Gasteiger partial charge is 0.193 e. The van der Waals surface area contributed by atoms with Crippen molar-refractivity contribution >= 4 is 5.96 Å². The number of rotatable bonds is 6. The molecular weight excluding hydrogens is 354 g/mol. The lowest BCUT2D eigenvalue weighted by atomic mass is 10.1. The van der Waals surface area contributed by atoms with Crippen LogP contribution in [0.25, 0.3) is 0 Å². The van der Waals surface area contributed by atoms with Gasteiger partial charge in [0.2, 0.25) is 0 Å². The topological polar surface area (TPSA) is 55.3 Å². The minimum Gasteiger partial charge on any atom is -0.496 e. The van der Waals surface area contributed by atoms with Crippen LogP contribution >= 0.6 is 0 Å². The van der Waals surface area contributed by atoms with Crippen LogP contribution in [-0.2, 0) is 16.0 Å². The highest BCUT2D eigenvalue weighted by atomic mass is 16.5. The number of aliphatic imine (C=N–C) groups is 1. The molecule has 2 heterocycles. The van der Waals surface area contributed by atoms with Crippen LogP contribution in [0.15, 0.2) is 23.2 Å². The van der Waals surface area contributed by atoms with Gasteiger partial charge in [-0.1, -0.05) is 12.1 Å². The summed E-state index contributed by atoms with van der Waals surface area (Å²) in [7, 11) is 3.56. The monoisotopic (exact) mass is 389 g/mol. The first kappa shape index (κ1) is 20.9. The molecule has 1 N–H and O–H groups in total. The van der Waals surface area contributed by atoms with E-state index in [1.54, 1.807) is 7.11 Å². The fourth-order valence-corrected chi connectivity index (χ4v) is 3.90. The zero-order valence-electron chi connectivity index (χ0n) is 17.6. The Morgan fingerprint density at radius 3 is 2.75 bits per heavy atom. The summed E-state index contributed by atoms with van der Waals surface area (Å²) < 4.78 is 17.3. The molecule has 156 valence electrons. The number of aryl methyl sites for hydroxylation is 1. The molecule has 2 fully saturated rings. The summed E-state index contributed by atoms with van der Waals surface area (Å²) in [6, 6.07) is 6.31. The van der Waals surface area contributed by atoms with E-state index in [2.05, 4.69) is 40.3 Å². The van der Waals surface area contributed by atoms with Gasteiger partial charge in [0.05, 0.1) is 25.9 Å². The lowest BCUT2D eigenvalue weighted by Gasteiger charge is -2.35. The van der Waals surface area contributed by atoms with E-state index in [-0.39, 0.29) is 0 Å². The van der Waals surface area contributed by atoms with E-state index in [0.29, 0.717) is 12.2 Å². The highest BCUT2D eigenvalue weighted by molar-refractivity contribution is 5.80. The molecule has 3 rings (SSSR count). The second-order valence-corrected chi connectivity index (χ2v) is 7.71. The molecule has 0 aromatic heterocycles. The van der Waals surface area contributed by atoms with Gasteiger partial charge in [0.1, 0.15) is 5.75 Å². The molecular formula is C22H35N3O3. The van der Waals surface area contributed by atoms with Crippen molar-refractivity contribution in [1.82, 2.24) is 10.2 Å². The minimum atomic E-state index is 0.299. The Kier molecular flexibility index (Phi) is 7.98. The van der Waals surface area contributed by atoms with Crippen LogP contribution in [0.1, 0.15) is 43.2 Å². The van der Waals surface area contributed by atoms with Crippen molar-refractivity contribution in [1.29, 1.82) is 0 Å². The summed E-state index contributed by atoms with van der Waals surface area (Å²) >= 11 is 0. The third-order valence-corrected chi connectivity index (χ3v) is 5.67. The molecule has 0 saturated carbocycles. The summed E-state index contributed by atoms with van der Waals surface area (Å²) in [5, 5.41) is 3.48. The van der Waals surface area contributed by atoms with E-state index in [9.17, 15) is 0 Å². The molecule has 1 unspecified atom stereocenters. The number of guanidine groups is 1.